The predicted octanol–water partition coefficient (Wildman–Crippen LogP) is 3.28. The molecule has 0 saturated heterocycles. The van der Waals surface area contributed by atoms with E-state index in [2.05, 4.69) is 15.5 Å². The topological polar surface area (TPSA) is 40.5 Å². The highest BCUT2D eigenvalue weighted by atomic mass is 35.5. The summed E-state index contributed by atoms with van der Waals surface area (Å²) in [5.74, 6) is 0.357. The molecule has 4 nitrogen and oxygen atoms in total. The van der Waals surface area contributed by atoms with Crippen LogP contribution in [0.5, 0.6) is 0 Å². The van der Waals surface area contributed by atoms with Gasteiger partial charge in [-0.3, -0.25) is 5.43 Å². The molecule has 3 heterocycles. The number of hydrazone groups is 1. The van der Waals surface area contributed by atoms with Crippen LogP contribution in [0, 0.1) is 0 Å². The number of aromatic nitrogens is 1. The normalized spacial score (nSPS) is 20.9. The van der Waals surface area contributed by atoms with Crippen LogP contribution in [0.25, 0.3) is 0 Å². The average molecular weight is 347 g/mol. The van der Waals surface area contributed by atoms with Crippen molar-refractivity contribution in [2.75, 3.05) is 6.26 Å². The second-order valence-electron chi connectivity index (χ2n) is 4.55. The maximum atomic E-state index is 13.0. The summed E-state index contributed by atoms with van der Waals surface area (Å²) in [6.45, 7) is 0. The molecule has 0 fully saturated rings. The van der Waals surface area contributed by atoms with E-state index >= 15 is 0 Å². The van der Waals surface area contributed by atoms with E-state index in [0.717, 1.165) is 12.3 Å². The van der Waals surface area contributed by atoms with Gasteiger partial charge in [0, 0.05) is 12.4 Å². The van der Waals surface area contributed by atoms with E-state index in [9.17, 15) is 13.2 Å². The molecular weight excluding hydrogens is 337 g/mol. The zero-order valence-electron chi connectivity index (χ0n) is 11.2. The van der Waals surface area contributed by atoms with Crippen molar-refractivity contribution in [3.05, 3.63) is 46.8 Å². The maximum absolute atomic E-state index is 13.0. The van der Waals surface area contributed by atoms with Gasteiger partial charge in [-0.1, -0.05) is 11.6 Å². The number of hydrogen-bond donors (Lipinski definition) is 1. The molecule has 0 bridgehead atoms. The standard InChI is InChI=1S/C13H10ClF3N4S/c1-22-12-8(3-2-4-18-12)10-19-20-11-9(14)5-7(6-21(10)11)13(15,16)17/h2-6,11,20H,1H3. The number of hydrogen-bond acceptors (Lipinski definition) is 5. The van der Waals surface area contributed by atoms with E-state index in [1.807, 2.05) is 6.26 Å². The van der Waals surface area contributed by atoms with Crippen LogP contribution >= 0.6 is 23.4 Å². The second kappa shape index (κ2) is 5.51. The number of thioether (sulfide) groups is 1. The molecule has 1 N–H and O–H groups in total. The Morgan fingerprint density at radius 2 is 2.18 bits per heavy atom. The molecule has 22 heavy (non-hydrogen) atoms. The Hall–Kier alpha value is -1.67. The lowest BCUT2D eigenvalue weighted by Gasteiger charge is -2.28. The fourth-order valence-electron chi connectivity index (χ4n) is 2.19. The molecule has 3 rings (SSSR count). The third-order valence-corrected chi connectivity index (χ3v) is 4.21. The Kier molecular flexibility index (Phi) is 3.82. The van der Waals surface area contributed by atoms with Crippen molar-refractivity contribution >= 4 is 29.2 Å². The number of pyridine rings is 1. The molecule has 0 saturated carbocycles. The molecule has 1 unspecified atom stereocenters. The number of halogens is 4. The van der Waals surface area contributed by atoms with Crippen LogP contribution in [0.1, 0.15) is 5.56 Å². The van der Waals surface area contributed by atoms with Crippen molar-refractivity contribution in [2.45, 2.75) is 17.4 Å². The average Bonchev–Trinajstić information content (AvgIpc) is 2.90. The summed E-state index contributed by atoms with van der Waals surface area (Å²) in [6, 6.07) is 3.47. The molecule has 0 spiro atoms. The molecule has 0 radical (unpaired) electrons. The molecule has 1 aromatic rings. The summed E-state index contributed by atoms with van der Waals surface area (Å²) >= 11 is 7.36. The Morgan fingerprint density at radius 1 is 1.41 bits per heavy atom. The van der Waals surface area contributed by atoms with Crippen molar-refractivity contribution in [1.82, 2.24) is 15.3 Å². The van der Waals surface area contributed by atoms with Crippen LogP contribution in [0.4, 0.5) is 13.2 Å². The van der Waals surface area contributed by atoms with Crippen molar-refractivity contribution in [3.63, 3.8) is 0 Å². The number of fused-ring (bicyclic) bond motifs is 1. The smallest absolute Gasteiger partial charge is 0.303 e. The van der Waals surface area contributed by atoms with Crippen molar-refractivity contribution in [3.8, 4) is 0 Å². The lowest BCUT2D eigenvalue weighted by atomic mass is 10.1. The van der Waals surface area contributed by atoms with Gasteiger partial charge in [0.05, 0.1) is 16.2 Å². The summed E-state index contributed by atoms with van der Waals surface area (Å²) < 4.78 is 38.9. The van der Waals surface area contributed by atoms with E-state index in [0.29, 0.717) is 16.4 Å². The molecule has 1 atom stereocenters. The van der Waals surface area contributed by atoms with Gasteiger partial charge in [0.1, 0.15) is 5.03 Å². The molecule has 2 aliphatic rings. The first-order valence-electron chi connectivity index (χ1n) is 6.19. The molecular formula is C13H10ClF3N4S. The number of rotatable bonds is 2. The highest BCUT2D eigenvalue weighted by Gasteiger charge is 2.40. The van der Waals surface area contributed by atoms with Gasteiger partial charge in [-0.25, -0.2) is 4.98 Å². The lowest BCUT2D eigenvalue weighted by molar-refractivity contribution is -0.0894. The Morgan fingerprint density at radius 3 is 2.86 bits per heavy atom. The highest BCUT2D eigenvalue weighted by Crippen LogP contribution is 2.35. The van der Waals surface area contributed by atoms with E-state index in [4.69, 9.17) is 11.6 Å². The Labute approximate surface area is 133 Å². The van der Waals surface area contributed by atoms with Crippen LogP contribution in [-0.2, 0) is 0 Å². The van der Waals surface area contributed by atoms with Gasteiger partial charge < -0.3 is 4.90 Å². The SMILES string of the molecule is CSc1ncccc1C1=NNC2C(Cl)=CC(C(F)(F)F)=CN12. The van der Waals surface area contributed by atoms with Crippen LogP contribution in [0.15, 0.2) is 51.3 Å². The fourth-order valence-corrected chi connectivity index (χ4v) is 3.00. The largest absolute Gasteiger partial charge is 0.417 e. The minimum atomic E-state index is -4.48. The quantitative estimate of drug-likeness (QED) is 0.834. The van der Waals surface area contributed by atoms with Crippen LogP contribution in [-0.4, -0.2) is 34.3 Å². The van der Waals surface area contributed by atoms with Gasteiger partial charge in [-0.05, 0) is 24.5 Å². The van der Waals surface area contributed by atoms with Gasteiger partial charge in [-0.2, -0.15) is 18.3 Å². The van der Waals surface area contributed by atoms with Crippen LogP contribution < -0.4 is 5.43 Å². The highest BCUT2D eigenvalue weighted by molar-refractivity contribution is 7.98. The maximum Gasteiger partial charge on any atom is 0.417 e. The van der Waals surface area contributed by atoms with Gasteiger partial charge in [-0.15, -0.1) is 11.8 Å². The Balaban J connectivity index is 2.03. The van der Waals surface area contributed by atoms with Crippen LogP contribution in [0.3, 0.4) is 0 Å². The zero-order chi connectivity index (χ0) is 15.9. The van der Waals surface area contributed by atoms with Crippen LogP contribution in [0.2, 0.25) is 0 Å². The molecule has 2 aliphatic heterocycles. The first-order valence-corrected chi connectivity index (χ1v) is 7.79. The predicted molar refractivity (Wildman–Crippen MR) is 79.4 cm³/mol. The summed E-state index contributed by atoms with van der Waals surface area (Å²) in [4.78, 5) is 5.58. The number of nitrogens with one attached hydrogen (secondary N) is 1. The minimum Gasteiger partial charge on any atom is -0.303 e. The molecule has 0 amide bonds. The zero-order valence-corrected chi connectivity index (χ0v) is 12.8. The van der Waals surface area contributed by atoms with Gasteiger partial charge in [0.2, 0.25) is 0 Å². The van der Waals surface area contributed by atoms with Gasteiger partial charge in [0.15, 0.2) is 12.0 Å². The Bertz CT molecular complexity index is 699. The number of amidine groups is 1. The van der Waals surface area contributed by atoms with E-state index in [1.165, 1.54) is 16.7 Å². The van der Waals surface area contributed by atoms with E-state index in [1.54, 1.807) is 18.3 Å². The van der Waals surface area contributed by atoms with E-state index < -0.39 is 17.9 Å². The molecule has 0 aromatic carbocycles. The summed E-state index contributed by atoms with van der Waals surface area (Å²) in [6.07, 6.45) is 0.273. The fraction of sp³-hybridized carbons (Fsp3) is 0.231. The second-order valence-corrected chi connectivity index (χ2v) is 5.78. The summed E-state index contributed by atoms with van der Waals surface area (Å²) in [7, 11) is 0. The molecule has 116 valence electrons. The third kappa shape index (κ3) is 2.56. The molecule has 1 aromatic heterocycles. The van der Waals surface area contributed by atoms with E-state index in [-0.39, 0.29) is 5.03 Å². The van der Waals surface area contributed by atoms with Crippen molar-refractivity contribution in [2.24, 2.45) is 5.10 Å². The lowest BCUT2D eigenvalue weighted by Crippen LogP contribution is -2.40. The summed E-state index contributed by atoms with van der Waals surface area (Å²) in [5, 5.41) is 4.84. The summed E-state index contributed by atoms with van der Waals surface area (Å²) in [5.41, 5.74) is 2.57. The van der Waals surface area contributed by atoms with Crippen molar-refractivity contribution < 1.29 is 13.2 Å². The molecule has 0 aliphatic carbocycles. The minimum absolute atomic E-state index is 0.0307. The van der Waals surface area contributed by atoms with Gasteiger partial charge >= 0.3 is 6.18 Å². The first-order chi connectivity index (χ1) is 10.4. The number of nitrogens with zero attached hydrogens (tertiary/aromatic N) is 3. The molecule has 9 heteroatoms. The first kappa shape index (κ1) is 15.2. The number of allylic oxidation sites excluding steroid dienone is 2. The number of alkyl halides is 3. The van der Waals surface area contributed by atoms with Gasteiger partial charge in [0.25, 0.3) is 0 Å². The monoisotopic (exact) mass is 346 g/mol. The third-order valence-electron chi connectivity index (χ3n) is 3.18. The van der Waals surface area contributed by atoms with Crippen molar-refractivity contribution in [1.29, 1.82) is 0 Å².